The van der Waals surface area contributed by atoms with Gasteiger partial charge in [-0.2, -0.15) is 0 Å². The second kappa shape index (κ2) is 7.97. The van der Waals surface area contributed by atoms with Crippen LogP contribution in [0.25, 0.3) is 0 Å². The van der Waals surface area contributed by atoms with Crippen molar-refractivity contribution in [1.29, 1.82) is 0 Å². The number of nitrogens with zero attached hydrogens (tertiary/aromatic N) is 5. The quantitative estimate of drug-likeness (QED) is 0.651. The van der Waals surface area contributed by atoms with E-state index in [1.807, 2.05) is 11.6 Å². The number of nitrogens with two attached hydrogens (primary N) is 1. The molecule has 0 amide bonds. The van der Waals surface area contributed by atoms with Crippen molar-refractivity contribution in [1.82, 2.24) is 14.8 Å². The van der Waals surface area contributed by atoms with E-state index in [-0.39, 0.29) is 0 Å². The van der Waals surface area contributed by atoms with Gasteiger partial charge in [-0.1, -0.05) is 6.92 Å². The lowest BCUT2D eigenvalue weighted by molar-refractivity contribution is 0.241. The van der Waals surface area contributed by atoms with Crippen LogP contribution >= 0.6 is 11.3 Å². The summed E-state index contributed by atoms with van der Waals surface area (Å²) >= 11 is 1.70. The number of rotatable bonds is 5. The highest BCUT2D eigenvalue weighted by atomic mass is 32.1. The fourth-order valence-corrected chi connectivity index (χ4v) is 4.10. The van der Waals surface area contributed by atoms with Crippen LogP contribution in [-0.2, 0) is 0 Å². The highest BCUT2D eigenvalue weighted by Crippen LogP contribution is 2.19. The molecule has 2 aliphatic heterocycles. The first-order chi connectivity index (χ1) is 11.3. The fourth-order valence-electron chi connectivity index (χ4n) is 3.41. The summed E-state index contributed by atoms with van der Waals surface area (Å²) in [6, 6.07) is 0.549. The average molecular weight is 337 g/mol. The van der Waals surface area contributed by atoms with Crippen molar-refractivity contribution in [2.75, 3.05) is 50.7 Å². The van der Waals surface area contributed by atoms with Crippen molar-refractivity contribution in [2.45, 2.75) is 32.2 Å². The molecule has 0 bridgehead atoms. The Bertz CT molecular complexity index is 489. The first kappa shape index (κ1) is 16.5. The molecule has 1 aromatic rings. The van der Waals surface area contributed by atoms with Crippen LogP contribution in [0.3, 0.4) is 0 Å². The molecule has 2 aliphatic rings. The first-order valence-corrected chi connectivity index (χ1v) is 9.59. The molecule has 23 heavy (non-hydrogen) atoms. The van der Waals surface area contributed by atoms with E-state index in [1.54, 1.807) is 11.3 Å². The molecule has 128 valence electrons. The zero-order valence-corrected chi connectivity index (χ0v) is 14.8. The summed E-state index contributed by atoms with van der Waals surface area (Å²) in [6.07, 6.45) is 5.67. The molecule has 3 heterocycles. The van der Waals surface area contributed by atoms with Gasteiger partial charge in [0.1, 0.15) is 0 Å². The maximum Gasteiger partial charge on any atom is 0.191 e. The Labute approximate surface area is 143 Å². The molecule has 0 radical (unpaired) electrons. The van der Waals surface area contributed by atoms with Crippen molar-refractivity contribution < 1.29 is 0 Å². The van der Waals surface area contributed by atoms with Gasteiger partial charge in [0, 0.05) is 43.8 Å². The van der Waals surface area contributed by atoms with Crippen LogP contribution in [0.2, 0.25) is 0 Å². The number of aromatic nitrogens is 1. The van der Waals surface area contributed by atoms with Crippen LogP contribution in [0.15, 0.2) is 16.6 Å². The summed E-state index contributed by atoms with van der Waals surface area (Å²) in [6.45, 7) is 9.31. The van der Waals surface area contributed by atoms with E-state index in [0.717, 1.165) is 44.3 Å². The Kier molecular flexibility index (Phi) is 5.72. The molecule has 1 atom stereocenters. The normalized spacial score (nSPS) is 21.9. The molecule has 6 nitrogen and oxygen atoms in total. The molecule has 0 aromatic carbocycles. The lowest BCUT2D eigenvalue weighted by Crippen LogP contribution is -2.51. The number of thiazole rings is 1. The van der Waals surface area contributed by atoms with E-state index in [2.05, 4.69) is 26.6 Å². The van der Waals surface area contributed by atoms with Crippen LogP contribution in [0.1, 0.15) is 26.2 Å². The van der Waals surface area contributed by atoms with E-state index >= 15 is 0 Å². The first-order valence-electron chi connectivity index (χ1n) is 8.71. The van der Waals surface area contributed by atoms with Crippen molar-refractivity contribution in [3.8, 4) is 0 Å². The van der Waals surface area contributed by atoms with Gasteiger partial charge in [0.05, 0.1) is 6.54 Å². The Morgan fingerprint density at radius 1 is 1.26 bits per heavy atom. The third-order valence-corrected chi connectivity index (χ3v) is 5.72. The molecule has 1 unspecified atom stereocenters. The SMILES string of the molecule is CCC(CN=C(N)N1CCN(c2nccs2)CC1)N1CCCC1. The topological polar surface area (TPSA) is 61.0 Å². The molecule has 0 saturated carbocycles. The minimum Gasteiger partial charge on any atom is -0.370 e. The van der Waals surface area contributed by atoms with Crippen LogP contribution in [0.5, 0.6) is 0 Å². The monoisotopic (exact) mass is 336 g/mol. The second-order valence-corrected chi connectivity index (χ2v) is 7.17. The van der Waals surface area contributed by atoms with E-state index in [9.17, 15) is 0 Å². The summed E-state index contributed by atoms with van der Waals surface area (Å²) in [4.78, 5) is 16.2. The number of likely N-dealkylation sites (tertiary alicyclic amines) is 1. The van der Waals surface area contributed by atoms with Crippen molar-refractivity contribution in [3.63, 3.8) is 0 Å². The Morgan fingerprint density at radius 3 is 2.61 bits per heavy atom. The van der Waals surface area contributed by atoms with Gasteiger partial charge in [-0.15, -0.1) is 11.3 Å². The number of guanidine groups is 1. The third-order valence-electron chi connectivity index (χ3n) is 4.89. The third kappa shape index (κ3) is 4.14. The van der Waals surface area contributed by atoms with E-state index in [1.165, 1.54) is 25.9 Å². The van der Waals surface area contributed by atoms with E-state index < -0.39 is 0 Å². The highest BCUT2D eigenvalue weighted by Gasteiger charge is 2.22. The molecule has 2 N–H and O–H groups in total. The van der Waals surface area contributed by atoms with Gasteiger partial charge < -0.3 is 15.5 Å². The molecule has 2 fully saturated rings. The molecule has 3 rings (SSSR count). The standard InChI is InChI=1S/C16H28N6S/c1-2-14(20-6-3-4-7-20)13-19-15(17)21-8-10-22(11-9-21)16-18-5-12-23-16/h5,12,14H,2-4,6-11,13H2,1H3,(H2,17,19). The van der Waals surface area contributed by atoms with Gasteiger partial charge >= 0.3 is 0 Å². The molecule has 1 aromatic heterocycles. The Hall–Kier alpha value is -1.34. The summed E-state index contributed by atoms with van der Waals surface area (Å²) < 4.78 is 0. The molecular weight excluding hydrogens is 308 g/mol. The van der Waals surface area contributed by atoms with Gasteiger partial charge in [0.15, 0.2) is 11.1 Å². The maximum atomic E-state index is 6.24. The number of hydrogen-bond donors (Lipinski definition) is 1. The summed E-state index contributed by atoms with van der Waals surface area (Å²) in [5, 5.41) is 3.14. The number of hydrogen-bond acceptors (Lipinski definition) is 5. The minimum atomic E-state index is 0.549. The zero-order valence-electron chi connectivity index (χ0n) is 14.0. The van der Waals surface area contributed by atoms with Gasteiger partial charge in [-0.25, -0.2) is 4.98 Å². The largest absolute Gasteiger partial charge is 0.370 e. The number of anilines is 1. The van der Waals surface area contributed by atoms with Gasteiger partial charge in [-0.05, 0) is 32.4 Å². The summed E-state index contributed by atoms with van der Waals surface area (Å²) in [5.74, 6) is 0.710. The average Bonchev–Trinajstić information content (AvgIpc) is 3.29. The lowest BCUT2D eigenvalue weighted by Gasteiger charge is -2.35. The van der Waals surface area contributed by atoms with Gasteiger partial charge in [0.25, 0.3) is 0 Å². The van der Waals surface area contributed by atoms with Crippen molar-refractivity contribution >= 4 is 22.4 Å². The van der Waals surface area contributed by atoms with Crippen molar-refractivity contribution in [3.05, 3.63) is 11.6 Å². The van der Waals surface area contributed by atoms with E-state index in [0.29, 0.717) is 12.0 Å². The molecule has 2 saturated heterocycles. The van der Waals surface area contributed by atoms with E-state index in [4.69, 9.17) is 10.7 Å². The summed E-state index contributed by atoms with van der Waals surface area (Å²) in [5.41, 5.74) is 6.24. The molecule has 0 aliphatic carbocycles. The number of aliphatic imine (C=N–C) groups is 1. The Balaban J connectivity index is 1.49. The Morgan fingerprint density at radius 2 is 2.00 bits per heavy atom. The van der Waals surface area contributed by atoms with Crippen LogP contribution < -0.4 is 10.6 Å². The zero-order chi connectivity index (χ0) is 16.1. The van der Waals surface area contributed by atoms with Crippen molar-refractivity contribution in [2.24, 2.45) is 10.7 Å². The van der Waals surface area contributed by atoms with Gasteiger partial charge in [0.2, 0.25) is 0 Å². The summed E-state index contributed by atoms with van der Waals surface area (Å²) in [7, 11) is 0. The highest BCUT2D eigenvalue weighted by molar-refractivity contribution is 7.13. The smallest absolute Gasteiger partial charge is 0.191 e. The number of piperazine rings is 1. The predicted molar refractivity (Wildman–Crippen MR) is 97.3 cm³/mol. The van der Waals surface area contributed by atoms with Crippen LogP contribution in [0.4, 0.5) is 5.13 Å². The molecular formula is C16H28N6S. The lowest BCUT2D eigenvalue weighted by atomic mass is 10.2. The maximum absolute atomic E-state index is 6.24. The predicted octanol–water partition coefficient (Wildman–Crippen LogP) is 1.45. The van der Waals surface area contributed by atoms with Gasteiger partial charge in [-0.3, -0.25) is 9.89 Å². The molecule has 0 spiro atoms. The van der Waals surface area contributed by atoms with Crippen LogP contribution in [0, 0.1) is 0 Å². The minimum absolute atomic E-state index is 0.549. The fraction of sp³-hybridized carbons (Fsp3) is 0.750. The second-order valence-electron chi connectivity index (χ2n) is 6.29. The molecule has 7 heteroatoms. The van der Waals surface area contributed by atoms with Crippen LogP contribution in [-0.4, -0.2) is 72.6 Å².